The lowest BCUT2D eigenvalue weighted by molar-refractivity contribution is -0.123. The fourth-order valence-electron chi connectivity index (χ4n) is 2.21. The molecule has 2 aromatic rings. The van der Waals surface area contributed by atoms with Gasteiger partial charge in [-0.15, -0.1) is 0 Å². The number of amides is 3. The van der Waals surface area contributed by atoms with E-state index in [0.29, 0.717) is 20.6 Å². The summed E-state index contributed by atoms with van der Waals surface area (Å²) in [7, 11) is 0. The van der Waals surface area contributed by atoms with Gasteiger partial charge in [-0.3, -0.25) is 4.79 Å². The van der Waals surface area contributed by atoms with Crippen LogP contribution >= 0.6 is 47.2 Å². The van der Waals surface area contributed by atoms with E-state index >= 15 is 0 Å². The Bertz CT molecular complexity index is 962. The van der Waals surface area contributed by atoms with Crippen molar-refractivity contribution >= 4 is 75.2 Å². The van der Waals surface area contributed by atoms with Crippen LogP contribution < -0.4 is 10.7 Å². The van der Waals surface area contributed by atoms with Gasteiger partial charge >= 0.3 is 6.03 Å². The zero-order chi connectivity index (χ0) is 19.6. The van der Waals surface area contributed by atoms with Gasteiger partial charge in [-0.1, -0.05) is 64.8 Å². The second-order valence-corrected chi connectivity index (χ2v) is 8.11. The van der Waals surface area contributed by atoms with Crippen LogP contribution in [0.5, 0.6) is 0 Å². The highest BCUT2D eigenvalue weighted by Gasteiger charge is 2.33. The van der Waals surface area contributed by atoms with E-state index in [4.69, 9.17) is 35.4 Å². The molecular weight excluding hydrogens is 425 g/mol. The SMILES string of the molecule is Cc1ccc(/C=C2/SC(=S)N(NC(=O)Nc3ccc(Cl)c(Cl)c3)C2=O)cc1. The number of thiocarbonyl (C=S) groups is 1. The number of carbonyl (C=O) groups is 2. The van der Waals surface area contributed by atoms with E-state index < -0.39 is 11.9 Å². The summed E-state index contributed by atoms with van der Waals surface area (Å²) >= 11 is 18.1. The number of aryl methyl sites for hydroxylation is 1. The van der Waals surface area contributed by atoms with E-state index in [1.807, 2.05) is 31.2 Å². The Labute approximate surface area is 175 Å². The van der Waals surface area contributed by atoms with Crippen LogP contribution in [0, 0.1) is 6.92 Å². The molecule has 0 aromatic heterocycles. The predicted molar refractivity (Wildman–Crippen MR) is 115 cm³/mol. The molecule has 0 aliphatic carbocycles. The maximum atomic E-state index is 12.5. The molecule has 3 rings (SSSR count). The number of urea groups is 1. The second kappa shape index (κ2) is 8.31. The monoisotopic (exact) mass is 437 g/mol. The fourth-order valence-corrected chi connectivity index (χ4v) is 3.69. The zero-order valence-corrected chi connectivity index (χ0v) is 17.1. The Hall–Kier alpha value is -2.06. The van der Waals surface area contributed by atoms with Crippen LogP contribution in [0.1, 0.15) is 11.1 Å². The predicted octanol–water partition coefficient (Wildman–Crippen LogP) is 5.24. The normalized spacial score (nSPS) is 15.4. The number of hydrazine groups is 1. The third-order valence-electron chi connectivity index (χ3n) is 3.56. The number of nitrogens with zero attached hydrogens (tertiary/aromatic N) is 1. The Morgan fingerprint density at radius 2 is 1.85 bits per heavy atom. The second-order valence-electron chi connectivity index (χ2n) is 5.62. The Balaban J connectivity index is 1.68. The van der Waals surface area contributed by atoms with Gasteiger partial charge in [0.25, 0.3) is 5.91 Å². The average Bonchev–Trinajstić information content (AvgIpc) is 2.87. The molecule has 0 saturated carbocycles. The fraction of sp³-hybridized carbons (Fsp3) is 0.0556. The minimum Gasteiger partial charge on any atom is -0.307 e. The van der Waals surface area contributed by atoms with Crippen LogP contribution in [0.3, 0.4) is 0 Å². The summed E-state index contributed by atoms with van der Waals surface area (Å²) < 4.78 is 0.239. The van der Waals surface area contributed by atoms with Crippen molar-refractivity contribution in [2.75, 3.05) is 5.32 Å². The third kappa shape index (κ3) is 4.81. The smallest absolute Gasteiger partial charge is 0.307 e. The summed E-state index contributed by atoms with van der Waals surface area (Å²) in [6.45, 7) is 1.99. The molecule has 2 aromatic carbocycles. The number of carbonyl (C=O) groups excluding carboxylic acids is 2. The van der Waals surface area contributed by atoms with Crippen molar-refractivity contribution in [3.8, 4) is 0 Å². The molecule has 5 nitrogen and oxygen atoms in total. The van der Waals surface area contributed by atoms with Gasteiger partial charge in [-0.25, -0.2) is 10.2 Å². The maximum Gasteiger partial charge on any atom is 0.338 e. The Morgan fingerprint density at radius 3 is 2.52 bits per heavy atom. The van der Waals surface area contributed by atoms with Gasteiger partial charge < -0.3 is 5.32 Å². The van der Waals surface area contributed by atoms with Gasteiger partial charge in [0, 0.05) is 5.69 Å². The van der Waals surface area contributed by atoms with Crippen molar-refractivity contribution in [1.29, 1.82) is 0 Å². The van der Waals surface area contributed by atoms with Crippen LogP contribution in [-0.2, 0) is 4.79 Å². The lowest BCUT2D eigenvalue weighted by atomic mass is 10.1. The van der Waals surface area contributed by atoms with Crippen molar-refractivity contribution in [2.24, 2.45) is 0 Å². The first-order valence-corrected chi connectivity index (χ1v) is 9.69. The summed E-state index contributed by atoms with van der Waals surface area (Å²) in [5.74, 6) is -0.394. The summed E-state index contributed by atoms with van der Waals surface area (Å²) in [6, 6.07) is 11.8. The molecular formula is C18H13Cl2N3O2S2. The minimum atomic E-state index is -0.624. The molecule has 9 heteroatoms. The first-order chi connectivity index (χ1) is 12.8. The van der Waals surface area contributed by atoms with Crippen molar-refractivity contribution < 1.29 is 9.59 Å². The number of rotatable bonds is 3. The van der Waals surface area contributed by atoms with Gasteiger partial charge in [0.2, 0.25) is 0 Å². The molecule has 0 unspecified atom stereocenters. The summed E-state index contributed by atoms with van der Waals surface area (Å²) in [5, 5.41) is 4.29. The number of nitrogens with one attached hydrogen (secondary N) is 2. The average molecular weight is 438 g/mol. The van der Waals surface area contributed by atoms with Crippen molar-refractivity contribution in [2.45, 2.75) is 6.92 Å². The first-order valence-electron chi connectivity index (χ1n) is 7.71. The topological polar surface area (TPSA) is 61.4 Å². The maximum absolute atomic E-state index is 12.5. The molecule has 2 N–H and O–H groups in total. The summed E-state index contributed by atoms with van der Waals surface area (Å²) in [5.41, 5.74) is 4.88. The molecule has 1 heterocycles. The number of anilines is 1. The molecule has 0 spiro atoms. The number of thioether (sulfide) groups is 1. The zero-order valence-electron chi connectivity index (χ0n) is 14.0. The largest absolute Gasteiger partial charge is 0.338 e. The van der Waals surface area contributed by atoms with Crippen molar-refractivity contribution in [3.63, 3.8) is 0 Å². The standard InChI is InChI=1S/C18H13Cl2N3O2S2/c1-10-2-4-11(5-3-10)8-15-16(24)23(18(26)27-15)22-17(25)21-12-6-7-13(19)14(20)9-12/h2-9H,1H3,(H2,21,22,25)/b15-8+. The molecule has 1 aliphatic rings. The quantitative estimate of drug-likeness (QED) is 0.508. The van der Waals surface area contributed by atoms with Crippen molar-refractivity contribution in [3.05, 3.63) is 68.5 Å². The highest BCUT2D eigenvalue weighted by atomic mass is 35.5. The van der Waals surface area contributed by atoms with E-state index in [0.717, 1.165) is 27.9 Å². The molecule has 1 aliphatic heterocycles. The third-order valence-corrected chi connectivity index (χ3v) is 5.60. The molecule has 0 bridgehead atoms. The molecule has 138 valence electrons. The van der Waals surface area contributed by atoms with Crippen LogP contribution in [0.15, 0.2) is 47.4 Å². The lowest BCUT2D eigenvalue weighted by Crippen LogP contribution is -2.46. The van der Waals surface area contributed by atoms with Gasteiger partial charge in [0.15, 0.2) is 4.32 Å². The van der Waals surface area contributed by atoms with E-state index in [-0.39, 0.29) is 4.32 Å². The van der Waals surface area contributed by atoms with Gasteiger partial charge in [0.05, 0.1) is 15.0 Å². The number of hydrogen-bond donors (Lipinski definition) is 2. The molecule has 1 fully saturated rings. The Kier molecular flexibility index (Phi) is 6.06. The van der Waals surface area contributed by atoms with E-state index in [2.05, 4.69) is 10.7 Å². The number of hydrogen-bond acceptors (Lipinski definition) is 4. The van der Waals surface area contributed by atoms with E-state index in [1.54, 1.807) is 18.2 Å². The number of halogens is 2. The first kappa shape index (κ1) is 19.7. The van der Waals surface area contributed by atoms with Gasteiger partial charge in [-0.05, 0) is 49.0 Å². The van der Waals surface area contributed by atoms with E-state index in [1.165, 1.54) is 6.07 Å². The molecule has 1 saturated heterocycles. The molecule has 0 radical (unpaired) electrons. The minimum absolute atomic E-state index is 0.239. The highest BCUT2D eigenvalue weighted by Crippen LogP contribution is 2.31. The molecule has 27 heavy (non-hydrogen) atoms. The van der Waals surface area contributed by atoms with Crippen LogP contribution in [-0.4, -0.2) is 21.3 Å². The lowest BCUT2D eigenvalue weighted by Gasteiger charge is -2.16. The molecule has 0 atom stereocenters. The number of benzene rings is 2. The highest BCUT2D eigenvalue weighted by molar-refractivity contribution is 8.26. The summed E-state index contributed by atoms with van der Waals surface area (Å²) in [4.78, 5) is 25.1. The van der Waals surface area contributed by atoms with Gasteiger partial charge in [0.1, 0.15) is 0 Å². The van der Waals surface area contributed by atoms with E-state index in [9.17, 15) is 9.59 Å². The van der Waals surface area contributed by atoms with Gasteiger partial charge in [-0.2, -0.15) is 5.01 Å². The van der Waals surface area contributed by atoms with Crippen LogP contribution in [0.4, 0.5) is 10.5 Å². The molecule has 3 amide bonds. The Morgan fingerprint density at radius 1 is 1.15 bits per heavy atom. The van der Waals surface area contributed by atoms with Crippen LogP contribution in [0.2, 0.25) is 10.0 Å². The van der Waals surface area contributed by atoms with Crippen LogP contribution in [0.25, 0.3) is 6.08 Å². The summed E-state index contributed by atoms with van der Waals surface area (Å²) in [6.07, 6.45) is 1.73. The van der Waals surface area contributed by atoms with Crippen molar-refractivity contribution in [1.82, 2.24) is 10.4 Å².